The van der Waals surface area contributed by atoms with Gasteiger partial charge in [0, 0.05) is 41.4 Å². The zero-order valence-electron chi connectivity index (χ0n) is 27.4. The zero-order valence-corrected chi connectivity index (χ0v) is 27.4. The van der Waals surface area contributed by atoms with Crippen molar-refractivity contribution in [2.45, 2.75) is 57.3 Å². The molecule has 11 nitrogen and oxygen atoms in total. The summed E-state index contributed by atoms with van der Waals surface area (Å²) in [5, 5.41) is 6.39. The van der Waals surface area contributed by atoms with Crippen LogP contribution in [0, 0.1) is 0 Å². The second-order valence-corrected chi connectivity index (χ2v) is 13.1. The molecule has 4 aromatic rings. The summed E-state index contributed by atoms with van der Waals surface area (Å²) in [4.78, 5) is 28.0. The van der Waals surface area contributed by atoms with Crippen molar-refractivity contribution >= 4 is 28.3 Å². The van der Waals surface area contributed by atoms with E-state index in [1.807, 2.05) is 24.3 Å². The number of aryl methyl sites for hydroxylation is 1. The molecule has 0 radical (unpaired) electrons. The first-order valence-electron chi connectivity index (χ1n) is 16.4. The van der Waals surface area contributed by atoms with Crippen LogP contribution in [0.25, 0.3) is 16.6 Å². The van der Waals surface area contributed by atoms with Crippen molar-refractivity contribution in [3.8, 4) is 5.88 Å². The van der Waals surface area contributed by atoms with Crippen LogP contribution in [0.3, 0.4) is 0 Å². The molecule has 0 bridgehead atoms. The number of aromatic nitrogens is 5. The number of pyridine rings is 1. The topological polar surface area (TPSA) is 121 Å². The van der Waals surface area contributed by atoms with Gasteiger partial charge in [-0.1, -0.05) is 37.6 Å². The summed E-state index contributed by atoms with van der Waals surface area (Å²) < 4.78 is 30.5. The van der Waals surface area contributed by atoms with E-state index in [0.717, 1.165) is 60.9 Å². The number of ether oxygens (including phenoxy) is 2. The van der Waals surface area contributed by atoms with E-state index in [1.54, 1.807) is 16.8 Å². The number of halogens is 1. The van der Waals surface area contributed by atoms with Crippen LogP contribution in [0.4, 0.5) is 10.2 Å². The Hall–Kier alpha value is -4.42. The molecule has 4 heterocycles. The van der Waals surface area contributed by atoms with E-state index in [4.69, 9.17) is 20.2 Å². The van der Waals surface area contributed by atoms with Gasteiger partial charge in [0.15, 0.2) is 0 Å². The molecule has 12 heteroatoms. The summed E-state index contributed by atoms with van der Waals surface area (Å²) >= 11 is 0. The van der Waals surface area contributed by atoms with Crippen molar-refractivity contribution in [1.29, 1.82) is 0 Å². The lowest BCUT2D eigenvalue weighted by Crippen LogP contribution is -2.46. The number of carbonyl (C=O) groups excluding carboxylic acids is 1. The van der Waals surface area contributed by atoms with Gasteiger partial charge in [0.2, 0.25) is 17.6 Å². The number of hydrogen-bond donors (Lipinski definition) is 1. The number of unbranched alkanes of at least 4 members (excludes halogenated alkanes) is 1. The Morgan fingerprint density at radius 2 is 2.06 bits per heavy atom. The summed E-state index contributed by atoms with van der Waals surface area (Å²) in [6.45, 7) is 4.64. The average molecular weight is 644 g/mol. The molecule has 1 aromatic carbocycles. The average Bonchev–Trinajstić information content (AvgIpc) is 3.73. The molecule has 2 N–H and O–H groups in total. The third kappa shape index (κ3) is 7.44. The van der Waals surface area contributed by atoms with Gasteiger partial charge in [-0.05, 0) is 55.3 Å². The van der Waals surface area contributed by atoms with Crippen molar-refractivity contribution in [2.24, 2.45) is 5.73 Å². The van der Waals surface area contributed by atoms with Crippen molar-refractivity contribution in [1.82, 2.24) is 24.6 Å². The van der Waals surface area contributed by atoms with E-state index in [9.17, 15) is 4.79 Å². The van der Waals surface area contributed by atoms with Crippen LogP contribution in [-0.4, -0.2) is 93.8 Å². The van der Waals surface area contributed by atoms with Crippen molar-refractivity contribution in [3.63, 3.8) is 0 Å². The number of likely N-dealkylation sites (N-methyl/N-ethyl adjacent to an activating group) is 1. The van der Waals surface area contributed by atoms with Gasteiger partial charge in [-0.15, -0.1) is 0 Å². The molecule has 47 heavy (non-hydrogen) atoms. The van der Waals surface area contributed by atoms with Gasteiger partial charge < -0.3 is 24.6 Å². The molecule has 1 saturated heterocycles. The number of fused-ring (bicyclic) bond motifs is 2. The first kappa shape index (κ1) is 32.5. The van der Waals surface area contributed by atoms with Crippen LogP contribution in [0.15, 0.2) is 72.2 Å². The number of rotatable bonds is 14. The summed E-state index contributed by atoms with van der Waals surface area (Å²) in [5.74, 6) is -0.838. The minimum atomic E-state index is -2.14. The Morgan fingerprint density at radius 3 is 2.89 bits per heavy atom. The molecule has 2 aliphatic rings. The molecule has 0 spiro atoms. The van der Waals surface area contributed by atoms with E-state index in [2.05, 4.69) is 53.1 Å². The highest BCUT2D eigenvalue weighted by Gasteiger charge is 2.37. The highest BCUT2D eigenvalue weighted by atomic mass is 19.2. The Balaban J connectivity index is 1.08. The number of hydrogen-bond acceptors (Lipinski definition) is 8. The van der Waals surface area contributed by atoms with E-state index in [1.165, 1.54) is 12.4 Å². The summed E-state index contributed by atoms with van der Waals surface area (Å²) in [6.07, 6.45) is 11.0. The number of alkyl halides is 1. The van der Waals surface area contributed by atoms with Crippen LogP contribution in [-0.2, 0) is 16.0 Å². The molecule has 248 valence electrons. The third-order valence-electron chi connectivity index (χ3n) is 9.02. The van der Waals surface area contributed by atoms with Gasteiger partial charge in [0.25, 0.3) is 5.78 Å². The molecular weight excluding hydrogens is 599 g/mol. The first-order chi connectivity index (χ1) is 22.6. The zero-order chi connectivity index (χ0) is 33.0. The standard InChI is InChI=1S/C35H43FN8O3/c1-4-5-10-27-20-25-9-6-7-12-29(25)33(41-27)46-19-18-44(2,3)22-26-13-15-35(36,21-30(26)32(37)45)47-23-28-11-8-17-42(28)31-14-16-38-34-39-24-40-43(31)34/h6-7,9,12-14,16,20-21,24,28H,4-5,8,10-11,15,17-19,22-23H2,1-3H3,(H-,37,45)/p+1/t28-,35?/m1/s1. The molecule has 3 aromatic heterocycles. The number of nitrogens with zero attached hydrogens (tertiary/aromatic N) is 7. The van der Waals surface area contributed by atoms with Crippen molar-refractivity contribution < 1.29 is 23.1 Å². The molecule has 2 atom stereocenters. The fourth-order valence-corrected chi connectivity index (χ4v) is 6.45. The molecule has 1 unspecified atom stereocenters. The van der Waals surface area contributed by atoms with Crippen LogP contribution >= 0.6 is 0 Å². The van der Waals surface area contributed by atoms with Crippen LogP contribution < -0.4 is 15.4 Å². The molecule has 0 saturated carbocycles. The molecule has 1 aliphatic heterocycles. The fraction of sp³-hybridized carbons (Fsp3) is 0.457. The number of quaternary nitrogens is 1. The normalized spacial score (nSPS) is 20.1. The van der Waals surface area contributed by atoms with Gasteiger partial charge >= 0.3 is 0 Å². The van der Waals surface area contributed by atoms with Gasteiger partial charge in [-0.25, -0.2) is 14.4 Å². The highest BCUT2D eigenvalue weighted by Crippen LogP contribution is 2.34. The van der Waals surface area contributed by atoms with E-state index >= 15 is 4.39 Å². The van der Waals surface area contributed by atoms with Crippen molar-refractivity contribution in [3.05, 3.63) is 77.9 Å². The Bertz CT molecular complexity index is 1800. The number of nitrogens with two attached hydrogens (primary N) is 1. The Morgan fingerprint density at radius 1 is 1.21 bits per heavy atom. The van der Waals surface area contributed by atoms with Crippen LogP contribution in [0.1, 0.15) is 44.7 Å². The minimum Gasteiger partial charge on any atom is -0.471 e. The van der Waals surface area contributed by atoms with E-state index < -0.39 is 11.8 Å². The molecule has 1 amide bonds. The van der Waals surface area contributed by atoms with Crippen LogP contribution in [0.5, 0.6) is 5.88 Å². The molecule has 1 fully saturated rings. The van der Waals surface area contributed by atoms with Gasteiger partial charge in [-0.3, -0.25) is 4.79 Å². The smallest absolute Gasteiger partial charge is 0.254 e. The summed E-state index contributed by atoms with van der Waals surface area (Å²) in [6, 6.07) is 12.1. The molecular formula is C35H44FN8O3+. The van der Waals surface area contributed by atoms with Crippen LogP contribution in [0.2, 0.25) is 0 Å². The predicted molar refractivity (Wildman–Crippen MR) is 179 cm³/mol. The second-order valence-electron chi connectivity index (χ2n) is 13.1. The maximum Gasteiger partial charge on any atom is 0.254 e. The predicted octanol–water partition coefficient (Wildman–Crippen LogP) is 4.56. The van der Waals surface area contributed by atoms with Gasteiger partial charge in [0.1, 0.15) is 31.8 Å². The summed E-state index contributed by atoms with van der Waals surface area (Å²) in [5.41, 5.74) is 7.68. The van der Waals surface area contributed by atoms with E-state index in [-0.39, 0.29) is 24.6 Å². The maximum atomic E-state index is 16.2. The Labute approximate surface area is 274 Å². The first-order valence-corrected chi connectivity index (χ1v) is 16.4. The quantitative estimate of drug-likeness (QED) is 0.199. The lowest BCUT2D eigenvalue weighted by molar-refractivity contribution is -0.885. The maximum absolute atomic E-state index is 16.2. The summed E-state index contributed by atoms with van der Waals surface area (Å²) in [7, 11) is 4.11. The number of carbonyl (C=O) groups is 1. The fourth-order valence-electron chi connectivity index (χ4n) is 6.45. The minimum absolute atomic E-state index is 0.00856. The number of amides is 1. The number of primary amides is 1. The van der Waals surface area contributed by atoms with Crippen molar-refractivity contribution in [2.75, 3.05) is 51.8 Å². The van der Waals surface area contributed by atoms with Gasteiger partial charge in [-0.2, -0.15) is 14.6 Å². The number of anilines is 1. The lowest BCUT2D eigenvalue weighted by Gasteiger charge is -2.34. The molecule has 1 aliphatic carbocycles. The van der Waals surface area contributed by atoms with E-state index in [0.29, 0.717) is 41.4 Å². The second kappa shape index (κ2) is 13.7. The largest absolute Gasteiger partial charge is 0.471 e. The lowest BCUT2D eigenvalue weighted by atomic mass is 9.93. The van der Waals surface area contributed by atoms with Gasteiger partial charge in [0.05, 0.1) is 26.7 Å². The SMILES string of the molecule is CCCCc1cc2ccccc2c(OCC[N+](C)(C)CC2=CCC(F)(OC[C@H]3CCCN3c3ccnc4ncnn34)C=C2C(N)=O)n1. The highest BCUT2D eigenvalue weighted by molar-refractivity contribution is 5.97. The number of benzene rings is 1. The monoisotopic (exact) mass is 643 g/mol. The molecule has 6 rings (SSSR count). The third-order valence-corrected chi connectivity index (χ3v) is 9.02. The Kier molecular flexibility index (Phi) is 9.51.